The fourth-order valence-corrected chi connectivity index (χ4v) is 4.11. The van der Waals surface area contributed by atoms with E-state index < -0.39 is 10.0 Å². The van der Waals surface area contributed by atoms with E-state index in [-0.39, 0.29) is 11.8 Å². The number of sulfonamides is 1. The highest BCUT2D eigenvalue weighted by Gasteiger charge is 2.28. The zero-order chi connectivity index (χ0) is 20.1. The van der Waals surface area contributed by atoms with Crippen LogP contribution in [0.1, 0.15) is 18.7 Å². The van der Waals surface area contributed by atoms with E-state index in [1.165, 1.54) is 10.6 Å². The van der Waals surface area contributed by atoms with Crippen molar-refractivity contribution in [2.45, 2.75) is 19.8 Å². The van der Waals surface area contributed by atoms with Gasteiger partial charge in [-0.3, -0.25) is 4.79 Å². The normalized spacial score (nSPS) is 16.1. The Kier molecular flexibility index (Phi) is 6.30. The molecule has 0 unspecified atom stereocenters. The van der Waals surface area contributed by atoms with E-state index in [0.717, 1.165) is 5.82 Å². The Hall–Kier alpha value is -2.46. The number of aryl methyl sites for hydroxylation is 1. The molecule has 10 heteroatoms. The topological polar surface area (TPSA) is 109 Å². The summed E-state index contributed by atoms with van der Waals surface area (Å²) < 4.78 is 26.4. The average molecular weight is 407 g/mol. The van der Waals surface area contributed by atoms with Gasteiger partial charge in [-0.2, -0.15) is 0 Å². The van der Waals surface area contributed by atoms with Crippen LogP contribution in [0, 0.1) is 12.8 Å². The van der Waals surface area contributed by atoms with E-state index in [1.54, 1.807) is 0 Å². The first-order valence-electron chi connectivity index (χ1n) is 9.28. The first kappa shape index (κ1) is 20.3. The molecular formula is C18H26N6O3S. The van der Waals surface area contributed by atoms with Crippen molar-refractivity contribution >= 4 is 21.7 Å². The van der Waals surface area contributed by atoms with E-state index >= 15 is 0 Å². The number of hydrogen-bond acceptors (Lipinski definition) is 6. The molecule has 0 radical (unpaired) electrons. The SMILES string of the molecule is Cc1nc(NCCNC(=O)C2CCN(S(C)(=O)=O)CC2)cc(-n2cccc2)n1. The van der Waals surface area contributed by atoms with Crippen molar-refractivity contribution in [3.05, 3.63) is 36.4 Å². The molecular weight excluding hydrogens is 380 g/mol. The number of anilines is 1. The van der Waals surface area contributed by atoms with Crippen LogP contribution in [0.5, 0.6) is 0 Å². The average Bonchev–Trinajstić information content (AvgIpc) is 3.19. The number of carbonyl (C=O) groups is 1. The van der Waals surface area contributed by atoms with Gasteiger partial charge in [-0.1, -0.05) is 0 Å². The second-order valence-corrected chi connectivity index (χ2v) is 8.89. The number of piperidine rings is 1. The lowest BCUT2D eigenvalue weighted by molar-refractivity contribution is -0.126. The monoisotopic (exact) mass is 406 g/mol. The van der Waals surface area contributed by atoms with Crippen molar-refractivity contribution in [1.29, 1.82) is 0 Å². The minimum absolute atomic E-state index is 0.0261. The molecule has 1 aliphatic rings. The molecule has 0 aliphatic carbocycles. The Morgan fingerprint density at radius 3 is 2.50 bits per heavy atom. The summed E-state index contributed by atoms with van der Waals surface area (Å²) in [5.74, 6) is 1.98. The molecule has 1 fully saturated rings. The molecule has 1 saturated heterocycles. The molecule has 152 valence electrons. The predicted octanol–water partition coefficient (Wildman–Crippen LogP) is 0.775. The van der Waals surface area contributed by atoms with E-state index in [1.807, 2.05) is 42.1 Å². The molecule has 2 aromatic heterocycles. The zero-order valence-corrected chi connectivity index (χ0v) is 16.9. The number of nitrogens with zero attached hydrogens (tertiary/aromatic N) is 4. The third-order valence-corrected chi connectivity index (χ3v) is 6.02. The maximum atomic E-state index is 12.3. The van der Waals surface area contributed by atoms with Gasteiger partial charge in [-0.05, 0) is 31.9 Å². The maximum absolute atomic E-state index is 12.3. The van der Waals surface area contributed by atoms with Crippen LogP contribution >= 0.6 is 0 Å². The molecule has 0 saturated carbocycles. The maximum Gasteiger partial charge on any atom is 0.223 e. The minimum atomic E-state index is -3.17. The lowest BCUT2D eigenvalue weighted by atomic mass is 9.97. The number of aromatic nitrogens is 3. The highest BCUT2D eigenvalue weighted by atomic mass is 32.2. The van der Waals surface area contributed by atoms with Crippen molar-refractivity contribution in [2.75, 3.05) is 37.8 Å². The van der Waals surface area contributed by atoms with Gasteiger partial charge in [0.15, 0.2) is 0 Å². The van der Waals surface area contributed by atoms with E-state index in [0.29, 0.717) is 50.7 Å². The van der Waals surface area contributed by atoms with Crippen LogP contribution in [0.15, 0.2) is 30.6 Å². The number of amides is 1. The van der Waals surface area contributed by atoms with Crippen molar-refractivity contribution in [2.24, 2.45) is 5.92 Å². The van der Waals surface area contributed by atoms with Crippen LogP contribution < -0.4 is 10.6 Å². The van der Waals surface area contributed by atoms with Gasteiger partial charge in [-0.25, -0.2) is 22.7 Å². The first-order chi connectivity index (χ1) is 13.3. The second kappa shape index (κ2) is 8.70. The molecule has 0 bridgehead atoms. The summed E-state index contributed by atoms with van der Waals surface area (Å²) >= 11 is 0. The van der Waals surface area contributed by atoms with Crippen LogP contribution in [0.2, 0.25) is 0 Å². The van der Waals surface area contributed by atoms with Gasteiger partial charge in [0, 0.05) is 50.6 Å². The summed E-state index contributed by atoms with van der Waals surface area (Å²) in [7, 11) is -3.17. The molecule has 3 heterocycles. The fraction of sp³-hybridized carbons (Fsp3) is 0.500. The van der Waals surface area contributed by atoms with Gasteiger partial charge in [-0.15, -0.1) is 0 Å². The minimum Gasteiger partial charge on any atom is -0.368 e. The van der Waals surface area contributed by atoms with Gasteiger partial charge >= 0.3 is 0 Å². The number of nitrogens with one attached hydrogen (secondary N) is 2. The molecule has 0 spiro atoms. The van der Waals surface area contributed by atoms with Crippen LogP contribution in [-0.2, 0) is 14.8 Å². The quantitative estimate of drug-likeness (QED) is 0.658. The van der Waals surface area contributed by atoms with Gasteiger partial charge in [0.25, 0.3) is 0 Å². The highest BCUT2D eigenvalue weighted by molar-refractivity contribution is 7.88. The first-order valence-corrected chi connectivity index (χ1v) is 11.1. The summed E-state index contributed by atoms with van der Waals surface area (Å²) in [5, 5.41) is 6.12. The molecule has 3 rings (SSSR count). The van der Waals surface area contributed by atoms with Crippen LogP contribution in [0.25, 0.3) is 5.82 Å². The summed E-state index contributed by atoms with van der Waals surface area (Å²) in [6.07, 6.45) is 6.15. The zero-order valence-electron chi connectivity index (χ0n) is 16.1. The summed E-state index contributed by atoms with van der Waals surface area (Å²) in [4.78, 5) is 21.1. The largest absolute Gasteiger partial charge is 0.368 e. The van der Waals surface area contributed by atoms with Crippen molar-refractivity contribution < 1.29 is 13.2 Å². The predicted molar refractivity (Wildman–Crippen MR) is 107 cm³/mol. The Balaban J connectivity index is 1.44. The van der Waals surface area contributed by atoms with Gasteiger partial charge in [0.2, 0.25) is 15.9 Å². The van der Waals surface area contributed by atoms with E-state index in [9.17, 15) is 13.2 Å². The lowest BCUT2D eigenvalue weighted by Gasteiger charge is -2.29. The van der Waals surface area contributed by atoms with Crippen LogP contribution in [0.4, 0.5) is 5.82 Å². The van der Waals surface area contributed by atoms with Crippen LogP contribution in [-0.4, -0.2) is 65.6 Å². The smallest absolute Gasteiger partial charge is 0.223 e. The Morgan fingerprint density at radius 1 is 1.18 bits per heavy atom. The molecule has 2 aromatic rings. The van der Waals surface area contributed by atoms with Crippen LogP contribution in [0.3, 0.4) is 0 Å². The van der Waals surface area contributed by atoms with Gasteiger partial charge in [0.05, 0.1) is 6.26 Å². The molecule has 2 N–H and O–H groups in total. The summed E-state index contributed by atoms with van der Waals surface area (Å²) in [6, 6.07) is 5.72. The van der Waals surface area contributed by atoms with Gasteiger partial charge < -0.3 is 15.2 Å². The molecule has 1 aliphatic heterocycles. The molecule has 0 atom stereocenters. The number of hydrogen-bond donors (Lipinski definition) is 2. The summed E-state index contributed by atoms with van der Waals surface area (Å²) in [5.41, 5.74) is 0. The Labute approximate surface area is 165 Å². The Bertz CT molecular complexity index is 905. The number of carbonyl (C=O) groups excluding carboxylic acids is 1. The highest BCUT2D eigenvalue weighted by Crippen LogP contribution is 2.19. The van der Waals surface area contributed by atoms with E-state index in [4.69, 9.17) is 0 Å². The van der Waals surface area contributed by atoms with Crippen molar-refractivity contribution in [3.63, 3.8) is 0 Å². The lowest BCUT2D eigenvalue weighted by Crippen LogP contribution is -2.43. The summed E-state index contributed by atoms with van der Waals surface area (Å²) in [6.45, 7) is 3.64. The molecule has 0 aromatic carbocycles. The standard InChI is InChI=1S/C18H26N6O3S/c1-14-21-16(13-17(22-14)23-9-3-4-10-23)19-7-8-20-18(25)15-5-11-24(12-6-15)28(2,26)27/h3-4,9-10,13,15H,5-8,11-12H2,1-2H3,(H,20,25)(H,19,21,22). The Morgan fingerprint density at radius 2 is 1.86 bits per heavy atom. The molecule has 1 amide bonds. The third-order valence-electron chi connectivity index (χ3n) is 4.72. The van der Waals surface area contributed by atoms with Gasteiger partial charge in [0.1, 0.15) is 17.5 Å². The fourth-order valence-electron chi connectivity index (χ4n) is 3.23. The third kappa shape index (κ3) is 5.29. The van der Waals surface area contributed by atoms with Crippen molar-refractivity contribution in [1.82, 2.24) is 24.2 Å². The van der Waals surface area contributed by atoms with E-state index in [2.05, 4.69) is 20.6 Å². The molecule has 28 heavy (non-hydrogen) atoms. The molecule has 9 nitrogen and oxygen atoms in total. The second-order valence-electron chi connectivity index (χ2n) is 6.90. The number of rotatable bonds is 7. The van der Waals surface area contributed by atoms with Crippen molar-refractivity contribution in [3.8, 4) is 5.82 Å².